The molecule has 3 rings (SSSR count). The Balaban J connectivity index is 1.96. The Morgan fingerprint density at radius 2 is 1.90 bits per heavy atom. The number of imidazole rings is 1. The van der Waals surface area contributed by atoms with Gasteiger partial charge < -0.3 is 9.67 Å². The molecule has 0 spiro atoms. The molecule has 0 fully saturated rings. The number of aromatic carboxylic acids is 1. The quantitative estimate of drug-likeness (QED) is 0.798. The smallest absolute Gasteiger partial charge is 0.335 e. The fourth-order valence-corrected chi connectivity index (χ4v) is 2.40. The molecule has 104 valence electrons. The van der Waals surface area contributed by atoms with Crippen molar-refractivity contribution in [2.45, 2.75) is 0 Å². The Bertz CT molecular complexity index is 781. The number of benzene rings is 2. The van der Waals surface area contributed by atoms with Crippen molar-refractivity contribution in [2.24, 2.45) is 0 Å². The lowest BCUT2D eigenvalue weighted by atomic mass is 10.0. The molecule has 0 saturated heterocycles. The molecule has 0 amide bonds. The van der Waals surface area contributed by atoms with Crippen LogP contribution in [0, 0.1) is 0 Å². The molecule has 21 heavy (non-hydrogen) atoms. The Morgan fingerprint density at radius 1 is 1.14 bits per heavy atom. The van der Waals surface area contributed by atoms with Gasteiger partial charge in [0, 0.05) is 28.7 Å². The molecule has 0 unspecified atom stereocenters. The van der Waals surface area contributed by atoms with Gasteiger partial charge in [-0.3, -0.25) is 0 Å². The molecule has 1 N–H and O–H groups in total. The summed E-state index contributed by atoms with van der Waals surface area (Å²) in [5, 5.41) is 9.37. The van der Waals surface area contributed by atoms with Crippen LogP contribution in [0.25, 0.3) is 16.8 Å². The summed E-state index contributed by atoms with van der Waals surface area (Å²) < 4.78 is 1.90. The molecule has 3 aromatic rings. The first-order valence-corrected chi connectivity index (χ1v) is 6.64. The van der Waals surface area contributed by atoms with Crippen LogP contribution in [-0.2, 0) is 0 Å². The maximum atomic E-state index is 10.9. The predicted molar refractivity (Wildman–Crippen MR) is 81.0 cm³/mol. The third-order valence-electron chi connectivity index (χ3n) is 3.20. The first-order chi connectivity index (χ1) is 10.1. The largest absolute Gasteiger partial charge is 0.478 e. The van der Waals surface area contributed by atoms with Gasteiger partial charge in [0.1, 0.15) is 0 Å². The second kappa shape index (κ2) is 5.42. The minimum atomic E-state index is -0.987. The second-order valence-electron chi connectivity index (χ2n) is 4.52. The molecule has 0 aliphatic heterocycles. The Labute approximate surface area is 126 Å². The minimum Gasteiger partial charge on any atom is -0.478 e. The third kappa shape index (κ3) is 2.66. The first kappa shape index (κ1) is 13.4. The normalized spacial score (nSPS) is 10.5. The van der Waals surface area contributed by atoms with E-state index >= 15 is 0 Å². The molecular weight excluding hydrogens is 288 g/mol. The fourth-order valence-electron chi connectivity index (χ4n) is 2.11. The highest BCUT2D eigenvalue weighted by Crippen LogP contribution is 2.29. The van der Waals surface area contributed by atoms with E-state index < -0.39 is 5.97 Å². The zero-order valence-electron chi connectivity index (χ0n) is 10.9. The molecule has 0 radical (unpaired) electrons. The SMILES string of the molecule is O=C(O)c1ccc(-c2ccc(-n3ccnc3)cc2)c(Cl)c1. The van der Waals surface area contributed by atoms with E-state index in [9.17, 15) is 4.79 Å². The van der Waals surface area contributed by atoms with Crippen molar-refractivity contribution in [1.82, 2.24) is 9.55 Å². The summed E-state index contributed by atoms with van der Waals surface area (Å²) in [6, 6.07) is 12.5. The zero-order chi connectivity index (χ0) is 14.8. The lowest BCUT2D eigenvalue weighted by Crippen LogP contribution is -1.96. The van der Waals surface area contributed by atoms with Gasteiger partial charge >= 0.3 is 5.97 Å². The number of hydrogen-bond donors (Lipinski definition) is 1. The number of halogens is 1. The highest BCUT2D eigenvalue weighted by molar-refractivity contribution is 6.33. The molecule has 5 heteroatoms. The van der Waals surface area contributed by atoms with E-state index in [1.54, 1.807) is 24.7 Å². The van der Waals surface area contributed by atoms with Gasteiger partial charge in [0.05, 0.1) is 11.9 Å². The zero-order valence-corrected chi connectivity index (χ0v) is 11.7. The van der Waals surface area contributed by atoms with Crippen LogP contribution in [0.4, 0.5) is 0 Å². The molecule has 0 atom stereocenters. The molecule has 0 bridgehead atoms. The van der Waals surface area contributed by atoms with Crippen LogP contribution >= 0.6 is 11.6 Å². The number of aromatic nitrogens is 2. The summed E-state index contributed by atoms with van der Waals surface area (Å²) in [5.41, 5.74) is 2.91. The van der Waals surface area contributed by atoms with Crippen molar-refractivity contribution in [3.63, 3.8) is 0 Å². The van der Waals surface area contributed by atoms with Gasteiger partial charge in [-0.25, -0.2) is 9.78 Å². The maximum Gasteiger partial charge on any atom is 0.335 e. The Kier molecular flexibility index (Phi) is 3.46. The fraction of sp³-hybridized carbons (Fsp3) is 0. The number of carbonyl (C=O) groups is 1. The van der Waals surface area contributed by atoms with Gasteiger partial charge in [-0.05, 0) is 29.8 Å². The van der Waals surface area contributed by atoms with Crippen LogP contribution in [0.3, 0.4) is 0 Å². The summed E-state index contributed by atoms with van der Waals surface area (Å²) >= 11 is 6.17. The van der Waals surface area contributed by atoms with Gasteiger partial charge in [0.2, 0.25) is 0 Å². The Hall–Kier alpha value is -2.59. The molecule has 0 saturated carbocycles. The second-order valence-corrected chi connectivity index (χ2v) is 4.92. The van der Waals surface area contributed by atoms with E-state index in [1.807, 2.05) is 35.0 Å². The number of carboxylic acid groups (broad SMARTS) is 1. The van der Waals surface area contributed by atoms with Crippen LogP contribution in [0.1, 0.15) is 10.4 Å². The highest BCUT2D eigenvalue weighted by atomic mass is 35.5. The molecule has 0 aliphatic rings. The van der Waals surface area contributed by atoms with Crippen molar-refractivity contribution in [1.29, 1.82) is 0 Å². The topological polar surface area (TPSA) is 55.1 Å². The first-order valence-electron chi connectivity index (χ1n) is 6.27. The average Bonchev–Trinajstić information content (AvgIpc) is 3.01. The van der Waals surface area contributed by atoms with E-state index in [2.05, 4.69) is 4.98 Å². The van der Waals surface area contributed by atoms with E-state index in [0.717, 1.165) is 16.8 Å². The Morgan fingerprint density at radius 3 is 2.48 bits per heavy atom. The summed E-state index contributed by atoms with van der Waals surface area (Å²) in [5.74, 6) is -0.987. The number of hydrogen-bond acceptors (Lipinski definition) is 2. The van der Waals surface area contributed by atoms with Crippen LogP contribution in [-0.4, -0.2) is 20.6 Å². The van der Waals surface area contributed by atoms with Crippen molar-refractivity contribution < 1.29 is 9.90 Å². The van der Waals surface area contributed by atoms with Crippen LogP contribution in [0.15, 0.2) is 61.2 Å². The lowest BCUT2D eigenvalue weighted by molar-refractivity contribution is 0.0697. The van der Waals surface area contributed by atoms with Crippen molar-refractivity contribution in [2.75, 3.05) is 0 Å². The highest BCUT2D eigenvalue weighted by Gasteiger charge is 2.08. The summed E-state index contributed by atoms with van der Waals surface area (Å²) in [6.07, 6.45) is 5.31. The summed E-state index contributed by atoms with van der Waals surface area (Å²) in [6.45, 7) is 0. The van der Waals surface area contributed by atoms with E-state index in [-0.39, 0.29) is 5.56 Å². The monoisotopic (exact) mass is 298 g/mol. The molecule has 0 aliphatic carbocycles. The lowest BCUT2D eigenvalue weighted by Gasteiger charge is -2.07. The van der Waals surface area contributed by atoms with Gasteiger partial charge in [0.15, 0.2) is 0 Å². The van der Waals surface area contributed by atoms with Crippen molar-refractivity contribution in [3.05, 3.63) is 71.8 Å². The maximum absolute atomic E-state index is 10.9. The van der Waals surface area contributed by atoms with Crippen LogP contribution in [0.2, 0.25) is 5.02 Å². The predicted octanol–water partition coefficient (Wildman–Crippen LogP) is 3.89. The van der Waals surface area contributed by atoms with E-state index in [4.69, 9.17) is 16.7 Å². The molecule has 4 nitrogen and oxygen atoms in total. The van der Waals surface area contributed by atoms with Gasteiger partial charge in [-0.15, -0.1) is 0 Å². The molecule has 1 heterocycles. The van der Waals surface area contributed by atoms with E-state index in [0.29, 0.717) is 5.02 Å². The average molecular weight is 299 g/mol. The van der Waals surface area contributed by atoms with E-state index in [1.165, 1.54) is 6.07 Å². The molecule has 1 aromatic heterocycles. The number of nitrogens with zero attached hydrogens (tertiary/aromatic N) is 2. The van der Waals surface area contributed by atoms with Crippen LogP contribution in [0.5, 0.6) is 0 Å². The van der Waals surface area contributed by atoms with Gasteiger partial charge in [0.25, 0.3) is 0 Å². The van der Waals surface area contributed by atoms with Gasteiger partial charge in [-0.1, -0.05) is 29.8 Å². The number of rotatable bonds is 3. The van der Waals surface area contributed by atoms with Gasteiger partial charge in [-0.2, -0.15) is 0 Å². The number of carboxylic acids is 1. The standard InChI is InChI=1S/C16H11ClN2O2/c17-15-9-12(16(20)21)3-6-14(15)11-1-4-13(5-2-11)19-8-7-18-10-19/h1-10H,(H,20,21). The third-order valence-corrected chi connectivity index (χ3v) is 3.51. The summed E-state index contributed by atoms with van der Waals surface area (Å²) in [4.78, 5) is 14.9. The molecule has 2 aromatic carbocycles. The van der Waals surface area contributed by atoms with Crippen molar-refractivity contribution >= 4 is 17.6 Å². The van der Waals surface area contributed by atoms with Crippen LogP contribution < -0.4 is 0 Å². The summed E-state index contributed by atoms with van der Waals surface area (Å²) in [7, 11) is 0. The minimum absolute atomic E-state index is 0.179. The van der Waals surface area contributed by atoms with Crippen molar-refractivity contribution in [3.8, 4) is 16.8 Å². The molecular formula is C16H11ClN2O2.